The Morgan fingerprint density at radius 3 is 2.71 bits per heavy atom. The highest BCUT2D eigenvalue weighted by atomic mass is 14.9. The van der Waals surface area contributed by atoms with Gasteiger partial charge in [-0.3, -0.25) is 0 Å². The fourth-order valence-electron chi connectivity index (χ4n) is 2.33. The molecular formula is C13H19N. The van der Waals surface area contributed by atoms with Crippen LogP contribution >= 0.6 is 0 Å². The van der Waals surface area contributed by atoms with E-state index in [1.807, 2.05) is 0 Å². The number of hydrogen-bond acceptors (Lipinski definition) is 1. The molecule has 1 heterocycles. The molecule has 1 nitrogen and oxygen atoms in total. The lowest BCUT2D eigenvalue weighted by Crippen LogP contribution is -2.35. The Hall–Kier alpha value is -0.980. The quantitative estimate of drug-likeness (QED) is 0.713. The molecule has 0 saturated carbocycles. The Labute approximate surface area is 86.5 Å². The van der Waals surface area contributed by atoms with E-state index >= 15 is 0 Å². The van der Waals surface area contributed by atoms with Crippen LogP contribution in [0.15, 0.2) is 24.3 Å². The van der Waals surface area contributed by atoms with Crippen LogP contribution in [0.3, 0.4) is 0 Å². The van der Waals surface area contributed by atoms with Crippen molar-refractivity contribution in [2.24, 2.45) is 5.92 Å². The normalized spacial score (nSPS) is 25.7. The molecule has 0 amide bonds. The molecule has 1 atom stereocenters. The average molecular weight is 189 g/mol. The minimum atomic E-state index is 0.349. The van der Waals surface area contributed by atoms with Crippen molar-refractivity contribution < 1.29 is 0 Å². The predicted octanol–water partition coefficient (Wildman–Crippen LogP) is 3.42. The zero-order valence-electron chi connectivity index (χ0n) is 9.30. The van der Waals surface area contributed by atoms with E-state index in [0.29, 0.717) is 11.3 Å². The third-order valence-corrected chi connectivity index (χ3v) is 3.78. The zero-order chi connectivity index (χ0) is 10.2. The third-order valence-electron chi connectivity index (χ3n) is 3.78. The molecule has 0 spiro atoms. The fourth-order valence-corrected chi connectivity index (χ4v) is 2.33. The Balaban J connectivity index is 2.50. The van der Waals surface area contributed by atoms with Gasteiger partial charge in [0.25, 0.3) is 0 Å². The predicted molar refractivity (Wildman–Crippen MR) is 61.7 cm³/mol. The Morgan fingerprint density at radius 2 is 2.00 bits per heavy atom. The van der Waals surface area contributed by atoms with Gasteiger partial charge < -0.3 is 5.32 Å². The molecule has 0 radical (unpaired) electrons. The SMILES string of the molecule is CC(C)C1(C)CCNc2ccccc21. The van der Waals surface area contributed by atoms with Crippen LogP contribution in [0.1, 0.15) is 32.8 Å². The lowest BCUT2D eigenvalue weighted by Gasteiger charge is -2.40. The number of benzene rings is 1. The maximum absolute atomic E-state index is 3.47. The number of nitrogens with one attached hydrogen (secondary N) is 1. The van der Waals surface area contributed by atoms with Gasteiger partial charge in [0.05, 0.1) is 0 Å². The largest absolute Gasteiger partial charge is 0.385 e. The molecule has 0 fully saturated rings. The smallest absolute Gasteiger partial charge is 0.0378 e. The minimum absolute atomic E-state index is 0.349. The molecule has 0 aromatic heterocycles. The molecule has 1 aliphatic rings. The summed E-state index contributed by atoms with van der Waals surface area (Å²) < 4.78 is 0. The van der Waals surface area contributed by atoms with Crippen LogP contribution in [0.2, 0.25) is 0 Å². The Morgan fingerprint density at radius 1 is 1.29 bits per heavy atom. The highest BCUT2D eigenvalue weighted by Crippen LogP contribution is 2.41. The minimum Gasteiger partial charge on any atom is -0.385 e. The van der Waals surface area contributed by atoms with Gasteiger partial charge in [-0.1, -0.05) is 39.0 Å². The number of anilines is 1. The molecule has 1 aliphatic heterocycles. The van der Waals surface area contributed by atoms with Crippen molar-refractivity contribution in [3.8, 4) is 0 Å². The van der Waals surface area contributed by atoms with E-state index in [0.717, 1.165) is 6.54 Å². The van der Waals surface area contributed by atoms with Crippen molar-refractivity contribution in [2.75, 3.05) is 11.9 Å². The van der Waals surface area contributed by atoms with E-state index < -0.39 is 0 Å². The summed E-state index contributed by atoms with van der Waals surface area (Å²) in [4.78, 5) is 0. The van der Waals surface area contributed by atoms with Gasteiger partial charge in [0.2, 0.25) is 0 Å². The van der Waals surface area contributed by atoms with Crippen LogP contribution in [0.4, 0.5) is 5.69 Å². The molecule has 14 heavy (non-hydrogen) atoms. The first kappa shape index (κ1) is 9.57. The van der Waals surface area contributed by atoms with Gasteiger partial charge >= 0.3 is 0 Å². The van der Waals surface area contributed by atoms with Gasteiger partial charge in [-0.25, -0.2) is 0 Å². The van der Waals surface area contributed by atoms with Crippen LogP contribution in [0.25, 0.3) is 0 Å². The third kappa shape index (κ3) is 1.31. The Bertz CT molecular complexity index is 330. The molecule has 1 N–H and O–H groups in total. The van der Waals surface area contributed by atoms with Gasteiger partial charge in [0.15, 0.2) is 0 Å². The summed E-state index contributed by atoms with van der Waals surface area (Å²) in [5.74, 6) is 0.700. The van der Waals surface area contributed by atoms with E-state index in [4.69, 9.17) is 0 Å². The van der Waals surface area contributed by atoms with Crippen LogP contribution in [0.5, 0.6) is 0 Å². The van der Waals surface area contributed by atoms with Crippen LogP contribution in [-0.4, -0.2) is 6.54 Å². The molecular weight excluding hydrogens is 170 g/mol. The molecule has 2 rings (SSSR count). The second-order valence-corrected chi connectivity index (χ2v) is 4.79. The lowest BCUT2D eigenvalue weighted by molar-refractivity contribution is 0.315. The van der Waals surface area contributed by atoms with Crippen LogP contribution < -0.4 is 5.32 Å². The molecule has 76 valence electrons. The standard InChI is InChI=1S/C13H19N/c1-10(2)13(3)8-9-14-12-7-5-4-6-11(12)13/h4-7,10,14H,8-9H2,1-3H3. The molecule has 1 aromatic rings. The van der Waals surface area contributed by atoms with Gasteiger partial charge in [-0.15, -0.1) is 0 Å². The van der Waals surface area contributed by atoms with Gasteiger partial charge in [0.1, 0.15) is 0 Å². The monoisotopic (exact) mass is 189 g/mol. The highest BCUT2D eigenvalue weighted by Gasteiger charge is 2.34. The van der Waals surface area contributed by atoms with E-state index in [9.17, 15) is 0 Å². The maximum atomic E-state index is 3.47. The van der Waals surface area contributed by atoms with Gasteiger partial charge in [0, 0.05) is 12.2 Å². The van der Waals surface area contributed by atoms with E-state index in [-0.39, 0.29) is 0 Å². The van der Waals surface area contributed by atoms with E-state index in [2.05, 4.69) is 50.4 Å². The Kier molecular flexibility index (Phi) is 2.26. The number of para-hydroxylation sites is 1. The van der Waals surface area contributed by atoms with E-state index in [1.165, 1.54) is 17.7 Å². The summed E-state index contributed by atoms with van der Waals surface area (Å²) in [5, 5.41) is 3.47. The molecule has 1 heteroatoms. The summed E-state index contributed by atoms with van der Waals surface area (Å²) in [6.45, 7) is 8.13. The summed E-state index contributed by atoms with van der Waals surface area (Å²) in [7, 11) is 0. The molecule has 1 unspecified atom stereocenters. The molecule has 0 bridgehead atoms. The number of fused-ring (bicyclic) bond motifs is 1. The van der Waals surface area contributed by atoms with Gasteiger partial charge in [-0.05, 0) is 29.4 Å². The number of rotatable bonds is 1. The first-order valence-corrected chi connectivity index (χ1v) is 5.48. The van der Waals surface area contributed by atoms with Crippen molar-refractivity contribution >= 4 is 5.69 Å². The van der Waals surface area contributed by atoms with Crippen molar-refractivity contribution in [3.05, 3.63) is 29.8 Å². The highest BCUT2D eigenvalue weighted by molar-refractivity contribution is 5.56. The topological polar surface area (TPSA) is 12.0 Å². The number of hydrogen-bond donors (Lipinski definition) is 1. The second kappa shape index (κ2) is 3.30. The fraction of sp³-hybridized carbons (Fsp3) is 0.538. The summed E-state index contributed by atoms with van der Waals surface area (Å²) >= 11 is 0. The second-order valence-electron chi connectivity index (χ2n) is 4.79. The maximum Gasteiger partial charge on any atom is 0.0378 e. The average Bonchev–Trinajstić information content (AvgIpc) is 2.18. The molecule has 0 saturated heterocycles. The lowest BCUT2D eigenvalue weighted by atomic mass is 9.69. The van der Waals surface area contributed by atoms with Crippen LogP contribution in [-0.2, 0) is 5.41 Å². The first-order valence-electron chi connectivity index (χ1n) is 5.48. The van der Waals surface area contributed by atoms with Crippen molar-refractivity contribution in [1.82, 2.24) is 0 Å². The zero-order valence-corrected chi connectivity index (χ0v) is 9.30. The van der Waals surface area contributed by atoms with Crippen LogP contribution in [0, 0.1) is 5.92 Å². The molecule has 1 aromatic carbocycles. The summed E-state index contributed by atoms with van der Waals surface area (Å²) in [5.41, 5.74) is 3.16. The molecule has 0 aliphatic carbocycles. The summed E-state index contributed by atoms with van der Waals surface area (Å²) in [6.07, 6.45) is 1.24. The van der Waals surface area contributed by atoms with Crippen molar-refractivity contribution in [2.45, 2.75) is 32.6 Å². The first-order chi connectivity index (χ1) is 6.64. The van der Waals surface area contributed by atoms with E-state index in [1.54, 1.807) is 0 Å². The van der Waals surface area contributed by atoms with Crippen molar-refractivity contribution in [3.63, 3.8) is 0 Å². The summed E-state index contributed by atoms with van der Waals surface area (Å²) in [6, 6.07) is 8.71. The van der Waals surface area contributed by atoms with Gasteiger partial charge in [-0.2, -0.15) is 0 Å². The van der Waals surface area contributed by atoms with Crippen molar-refractivity contribution in [1.29, 1.82) is 0 Å².